The lowest BCUT2D eigenvalue weighted by molar-refractivity contribution is -0.141. The van der Waals surface area contributed by atoms with Gasteiger partial charge in [0.15, 0.2) is 0 Å². The van der Waals surface area contributed by atoms with E-state index in [1.165, 1.54) is 12.7 Å². The van der Waals surface area contributed by atoms with Gasteiger partial charge in [0.2, 0.25) is 0 Å². The van der Waals surface area contributed by atoms with Gasteiger partial charge in [0, 0.05) is 19.1 Å². The minimum Gasteiger partial charge on any atom is -0.497 e. The molecule has 1 rings (SSSR count). The van der Waals surface area contributed by atoms with Crippen LogP contribution in [0.25, 0.3) is 0 Å². The fraction of sp³-hybridized carbons (Fsp3) is 0.562. The van der Waals surface area contributed by atoms with Crippen LogP contribution in [-0.2, 0) is 16.0 Å². The molecule has 0 aromatic heterocycles. The van der Waals surface area contributed by atoms with Crippen LogP contribution in [0.3, 0.4) is 0 Å². The lowest BCUT2D eigenvalue weighted by Crippen LogP contribution is -2.38. The summed E-state index contributed by atoms with van der Waals surface area (Å²) in [4.78, 5) is 13.6. The number of benzene rings is 1. The number of likely N-dealkylation sites (N-methyl/N-ethyl adjacent to an activating group) is 1. The fourth-order valence-electron chi connectivity index (χ4n) is 2.04. The number of nitrogens with one attached hydrogen (secondary N) is 1. The van der Waals surface area contributed by atoms with Crippen LogP contribution in [0.2, 0.25) is 0 Å². The van der Waals surface area contributed by atoms with E-state index >= 15 is 0 Å². The van der Waals surface area contributed by atoms with Crippen molar-refractivity contribution in [3.05, 3.63) is 29.8 Å². The Morgan fingerprint density at radius 2 is 1.90 bits per heavy atom. The lowest BCUT2D eigenvalue weighted by Gasteiger charge is -2.19. The van der Waals surface area contributed by atoms with Crippen LogP contribution in [-0.4, -0.2) is 58.3 Å². The molecule has 5 nitrogen and oxygen atoms in total. The number of nitrogens with zero attached hydrogens (tertiary/aromatic N) is 1. The fourth-order valence-corrected chi connectivity index (χ4v) is 2.04. The van der Waals surface area contributed by atoms with E-state index < -0.39 is 0 Å². The van der Waals surface area contributed by atoms with E-state index in [1.807, 2.05) is 38.4 Å². The van der Waals surface area contributed by atoms with E-state index in [9.17, 15) is 4.79 Å². The highest BCUT2D eigenvalue weighted by Crippen LogP contribution is 2.13. The van der Waals surface area contributed by atoms with Crippen LogP contribution in [0.1, 0.15) is 12.0 Å². The Morgan fingerprint density at radius 1 is 1.24 bits per heavy atom. The summed E-state index contributed by atoms with van der Waals surface area (Å²) < 4.78 is 9.93. The van der Waals surface area contributed by atoms with E-state index in [2.05, 4.69) is 10.2 Å². The smallest absolute Gasteiger partial charge is 0.307 e. The van der Waals surface area contributed by atoms with Crippen molar-refractivity contribution >= 4 is 5.97 Å². The summed E-state index contributed by atoms with van der Waals surface area (Å²) >= 11 is 0. The predicted molar refractivity (Wildman–Crippen MR) is 83.7 cm³/mol. The van der Waals surface area contributed by atoms with Crippen molar-refractivity contribution < 1.29 is 14.3 Å². The zero-order valence-electron chi connectivity index (χ0n) is 13.4. The molecule has 21 heavy (non-hydrogen) atoms. The van der Waals surface area contributed by atoms with Crippen LogP contribution < -0.4 is 10.1 Å². The second-order valence-corrected chi connectivity index (χ2v) is 5.29. The number of esters is 1. The van der Waals surface area contributed by atoms with E-state index in [0.29, 0.717) is 6.42 Å². The molecule has 1 atom stereocenters. The van der Waals surface area contributed by atoms with E-state index in [0.717, 1.165) is 25.3 Å². The Hall–Kier alpha value is -1.59. The van der Waals surface area contributed by atoms with Gasteiger partial charge in [0.25, 0.3) is 0 Å². The molecule has 0 saturated carbocycles. The molecule has 1 aromatic carbocycles. The quantitative estimate of drug-likeness (QED) is 0.696. The number of ether oxygens (including phenoxy) is 2. The maximum absolute atomic E-state index is 11.5. The number of hydrogen-bond acceptors (Lipinski definition) is 5. The Labute approximate surface area is 127 Å². The van der Waals surface area contributed by atoms with Crippen molar-refractivity contribution in [1.29, 1.82) is 0 Å². The number of hydrogen-bond donors (Lipinski definition) is 1. The van der Waals surface area contributed by atoms with Gasteiger partial charge in [-0.25, -0.2) is 0 Å². The SMILES string of the molecule is COC(=O)CC(Cc1ccc(OC)cc1)NCCN(C)C. The molecule has 0 bridgehead atoms. The third-order valence-electron chi connectivity index (χ3n) is 3.27. The topological polar surface area (TPSA) is 50.8 Å². The molecule has 5 heteroatoms. The van der Waals surface area contributed by atoms with Gasteiger partial charge in [0.05, 0.1) is 20.6 Å². The summed E-state index contributed by atoms with van der Waals surface area (Å²) in [6.07, 6.45) is 1.16. The van der Waals surface area contributed by atoms with Crippen molar-refractivity contribution in [3.8, 4) is 5.75 Å². The van der Waals surface area contributed by atoms with Crippen molar-refractivity contribution in [1.82, 2.24) is 10.2 Å². The third-order valence-corrected chi connectivity index (χ3v) is 3.27. The maximum Gasteiger partial charge on any atom is 0.307 e. The van der Waals surface area contributed by atoms with Gasteiger partial charge in [-0.3, -0.25) is 4.79 Å². The van der Waals surface area contributed by atoms with Crippen molar-refractivity contribution in [2.24, 2.45) is 0 Å². The molecule has 0 aliphatic heterocycles. The van der Waals surface area contributed by atoms with Crippen LogP contribution >= 0.6 is 0 Å². The van der Waals surface area contributed by atoms with Crippen LogP contribution in [0, 0.1) is 0 Å². The average Bonchev–Trinajstić information content (AvgIpc) is 2.47. The lowest BCUT2D eigenvalue weighted by atomic mass is 10.0. The summed E-state index contributed by atoms with van der Waals surface area (Å²) in [6, 6.07) is 7.99. The molecule has 0 fully saturated rings. The largest absolute Gasteiger partial charge is 0.497 e. The molecule has 1 unspecified atom stereocenters. The van der Waals surface area contributed by atoms with E-state index in [4.69, 9.17) is 9.47 Å². The summed E-state index contributed by atoms with van der Waals surface area (Å²) in [5.74, 6) is 0.648. The number of rotatable bonds is 9. The molecule has 1 aromatic rings. The number of carbonyl (C=O) groups is 1. The molecule has 1 N–H and O–H groups in total. The summed E-state index contributed by atoms with van der Waals surface area (Å²) in [6.45, 7) is 1.77. The normalized spacial score (nSPS) is 12.2. The van der Waals surface area contributed by atoms with Crippen LogP contribution in [0.15, 0.2) is 24.3 Å². The highest BCUT2D eigenvalue weighted by atomic mass is 16.5. The summed E-state index contributed by atoms with van der Waals surface area (Å²) in [5, 5.41) is 3.42. The van der Waals surface area contributed by atoms with Crippen molar-refractivity contribution in [2.75, 3.05) is 41.4 Å². The molecule has 0 aliphatic carbocycles. The number of carbonyl (C=O) groups excluding carboxylic acids is 1. The summed E-state index contributed by atoms with van der Waals surface area (Å²) in [7, 11) is 7.13. The average molecular weight is 294 g/mol. The molecular formula is C16H26N2O3. The van der Waals surface area contributed by atoms with Gasteiger partial charge in [0.1, 0.15) is 5.75 Å². The first-order valence-corrected chi connectivity index (χ1v) is 7.13. The second kappa shape index (κ2) is 9.37. The first-order chi connectivity index (χ1) is 10.0. The standard InChI is InChI=1S/C16H26N2O3/c1-18(2)10-9-17-14(12-16(19)21-4)11-13-5-7-15(20-3)8-6-13/h5-8,14,17H,9-12H2,1-4H3. The van der Waals surface area contributed by atoms with Crippen molar-refractivity contribution in [2.45, 2.75) is 18.9 Å². The summed E-state index contributed by atoms with van der Waals surface area (Å²) in [5.41, 5.74) is 1.17. The molecule has 118 valence electrons. The van der Waals surface area contributed by atoms with Gasteiger partial charge in [-0.05, 0) is 38.2 Å². The molecule has 0 saturated heterocycles. The minimum absolute atomic E-state index is 0.0748. The zero-order chi connectivity index (χ0) is 15.7. The Morgan fingerprint density at radius 3 is 2.43 bits per heavy atom. The zero-order valence-corrected chi connectivity index (χ0v) is 13.4. The Kier molecular flexibility index (Phi) is 7.79. The molecule has 0 aliphatic rings. The first-order valence-electron chi connectivity index (χ1n) is 7.13. The van der Waals surface area contributed by atoms with Crippen LogP contribution in [0.5, 0.6) is 5.75 Å². The monoisotopic (exact) mass is 294 g/mol. The molecule has 0 amide bonds. The first kappa shape index (κ1) is 17.5. The van der Waals surface area contributed by atoms with Gasteiger partial charge in [-0.15, -0.1) is 0 Å². The van der Waals surface area contributed by atoms with Gasteiger partial charge in [-0.1, -0.05) is 12.1 Å². The Balaban J connectivity index is 2.59. The van der Waals surface area contributed by atoms with Gasteiger partial charge >= 0.3 is 5.97 Å². The minimum atomic E-state index is -0.189. The predicted octanol–water partition coefficient (Wildman–Crippen LogP) is 1.32. The molecule has 0 heterocycles. The molecule has 0 radical (unpaired) electrons. The van der Waals surface area contributed by atoms with Gasteiger partial charge in [-0.2, -0.15) is 0 Å². The van der Waals surface area contributed by atoms with E-state index in [1.54, 1.807) is 7.11 Å². The molecule has 0 spiro atoms. The van der Waals surface area contributed by atoms with E-state index in [-0.39, 0.29) is 12.0 Å². The number of methoxy groups -OCH3 is 2. The van der Waals surface area contributed by atoms with Gasteiger partial charge < -0.3 is 19.7 Å². The molecular weight excluding hydrogens is 268 g/mol. The van der Waals surface area contributed by atoms with Crippen LogP contribution in [0.4, 0.5) is 0 Å². The third kappa shape index (κ3) is 7.11. The Bertz CT molecular complexity index is 418. The highest BCUT2D eigenvalue weighted by molar-refractivity contribution is 5.70. The highest BCUT2D eigenvalue weighted by Gasteiger charge is 2.14. The van der Waals surface area contributed by atoms with Crippen molar-refractivity contribution in [3.63, 3.8) is 0 Å². The maximum atomic E-state index is 11.5. The second-order valence-electron chi connectivity index (χ2n) is 5.29.